The fourth-order valence-corrected chi connectivity index (χ4v) is 10.4. The van der Waals surface area contributed by atoms with Crippen molar-refractivity contribution in [3.05, 3.63) is 0 Å². The van der Waals surface area contributed by atoms with E-state index < -0.39 is 5.41 Å². The minimum Gasteiger partial charge on any atom is -0.302 e. The Kier molecular flexibility index (Phi) is 6.52. The van der Waals surface area contributed by atoms with E-state index in [-0.39, 0.29) is 11.3 Å². The van der Waals surface area contributed by atoms with E-state index in [0.29, 0.717) is 16.7 Å². The normalized spacial score (nSPS) is 46.1. The molecular formula is C30H50O2. The van der Waals surface area contributed by atoms with E-state index in [1.165, 1.54) is 57.8 Å². The van der Waals surface area contributed by atoms with Crippen LogP contribution in [0.2, 0.25) is 0 Å². The zero-order valence-electron chi connectivity index (χ0n) is 21.9. The molecule has 4 aliphatic carbocycles. The second-order valence-electron chi connectivity index (χ2n) is 13.9. The highest BCUT2D eigenvalue weighted by Crippen LogP contribution is 2.74. The van der Waals surface area contributed by atoms with E-state index in [2.05, 4.69) is 41.5 Å². The van der Waals surface area contributed by atoms with E-state index in [9.17, 15) is 9.59 Å². The summed E-state index contributed by atoms with van der Waals surface area (Å²) in [5, 5.41) is 0. The first-order valence-corrected chi connectivity index (χ1v) is 14.0. The molecule has 0 radical (unpaired) electrons. The van der Waals surface area contributed by atoms with Crippen molar-refractivity contribution >= 4 is 12.6 Å². The third-order valence-corrected chi connectivity index (χ3v) is 12.3. The molecule has 4 rings (SSSR count). The number of aldehydes is 2. The molecule has 4 aliphatic rings. The lowest BCUT2D eigenvalue weighted by Crippen LogP contribution is -2.60. The highest BCUT2D eigenvalue weighted by Gasteiger charge is 2.67. The second kappa shape index (κ2) is 8.53. The number of hydrogen-bond donors (Lipinski definition) is 0. The van der Waals surface area contributed by atoms with Gasteiger partial charge in [0.25, 0.3) is 0 Å². The summed E-state index contributed by atoms with van der Waals surface area (Å²) < 4.78 is 0. The summed E-state index contributed by atoms with van der Waals surface area (Å²) in [6, 6.07) is 0. The largest absolute Gasteiger partial charge is 0.302 e. The highest BCUT2D eigenvalue weighted by molar-refractivity contribution is 5.84. The average Bonchev–Trinajstić information content (AvgIpc) is 3.04. The maximum Gasteiger partial charge on any atom is 0.133 e. The molecule has 0 aromatic heterocycles. The Hall–Kier alpha value is -0.660. The Balaban J connectivity index is 1.58. The van der Waals surface area contributed by atoms with Crippen molar-refractivity contribution in [3.63, 3.8) is 0 Å². The quantitative estimate of drug-likeness (QED) is 0.297. The van der Waals surface area contributed by atoms with Gasteiger partial charge in [-0.15, -0.1) is 0 Å². The fraction of sp³-hybridized carbons (Fsp3) is 0.933. The van der Waals surface area contributed by atoms with Crippen LogP contribution in [0.15, 0.2) is 0 Å². The lowest BCUT2D eigenvalue weighted by Gasteiger charge is -2.66. The van der Waals surface area contributed by atoms with Gasteiger partial charge in [0, 0.05) is 0 Å². The first-order valence-electron chi connectivity index (χ1n) is 14.0. The lowest BCUT2D eigenvalue weighted by molar-refractivity contribution is -0.182. The molecule has 182 valence electrons. The smallest absolute Gasteiger partial charge is 0.133 e. The number of fused-ring (bicyclic) bond motifs is 5. The van der Waals surface area contributed by atoms with Crippen molar-refractivity contribution in [1.29, 1.82) is 0 Å². The van der Waals surface area contributed by atoms with Crippen molar-refractivity contribution < 1.29 is 9.59 Å². The third-order valence-electron chi connectivity index (χ3n) is 12.3. The van der Waals surface area contributed by atoms with Crippen molar-refractivity contribution in [2.75, 3.05) is 0 Å². The molecule has 2 nitrogen and oxygen atoms in total. The lowest BCUT2D eigenvalue weighted by atomic mass is 9.38. The van der Waals surface area contributed by atoms with Gasteiger partial charge in [0.2, 0.25) is 0 Å². The van der Waals surface area contributed by atoms with Gasteiger partial charge in [-0.25, -0.2) is 0 Å². The van der Waals surface area contributed by atoms with Crippen LogP contribution in [-0.2, 0) is 9.59 Å². The van der Waals surface area contributed by atoms with Gasteiger partial charge in [-0.05, 0) is 103 Å². The monoisotopic (exact) mass is 442 g/mol. The predicted molar refractivity (Wildman–Crippen MR) is 132 cm³/mol. The molecule has 32 heavy (non-hydrogen) atoms. The standard InChI is InChI=1S/C30H50O2/c1-21(2)9-7-10-22(3)23-13-17-29(6)25-11-12-26-27(4,24(25)14-18-28(23,29)5)15-8-16-30(26,19-31)20-32/h19-26H,7-18H2,1-6H3/t22-,23-,24+,25-,26?,27-,28-,29+/m1/s1. The number of hydrogen-bond acceptors (Lipinski definition) is 2. The molecule has 4 fully saturated rings. The maximum atomic E-state index is 12.2. The number of carbonyl (C=O) groups excluding carboxylic acids is 2. The molecule has 0 saturated heterocycles. The molecule has 8 atom stereocenters. The molecule has 0 bridgehead atoms. The van der Waals surface area contributed by atoms with Gasteiger partial charge in [0.15, 0.2) is 0 Å². The minimum atomic E-state index is -0.706. The topological polar surface area (TPSA) is 34.1 Å². The highest BCUT2D eigenvalue weighted by atomic mass is 16.1. The maximum absolute atomic E-state index is 12.2. The molecule has 0 aromatic rings. The van der Waals surface area contributed by atoms with Crippen LogP contribution in [0.3, 0.4) is 0 Å². The molecule has 0 amide bonds. The summed E-state index contributed by atoms with van der Waals surface area (Å²) in [4.78, 5) is 24.4. The van der Waals surface area contributed by atoms with Crippen LogP contribution in [0, 0.1) is 57.2 Å². The first kappa shape index (κ1) is 24.5. The minimum absolute atomic E-state index is 0.161. The zero-order valence-corrected chi connectivity index (χ0v) is 21.9. The van der Waals surface area contributed by atoms with Crippen LogP contribution in [0.1, 0.15) is 119 Å². The van der Waals surface area contributed by atoms with Gasteiger partial charge >= 0.3 is 0 Å². The molecule has 4 saturated carbocycles. The third kappa shape index (κ3) is 3.39. The van der Waals surface area contributed by atoms with Crippen LogP contribution in [-0.4, -0.2) is 12.6 Å². The average molecular weight is 443 g/mol. The van der Waals surface area contributed by atoms with Crippen LogP contribution >= 0.6 is 0 Å². The molecule has 0 spiro atoms. The van der Waals surface area contributed by atoms with Gasteiger partial charge in [0.05, 0.1) is 5.41 Å². The summed E-state index contributed by atoms with van der Waals surface area (Å²) in [6.07, 6.45) is 17.0. The second-order valence-corrected chi connectivity index (χ2v) is 13.9. The SMILES string of the molecule is CC(C)CCC[C@@H](C)[C@H]1CC[C@@]2(C)[C@@H]3CCC4C(C=O)(C=O)CCC[C@]4(C)[C@H]3CC[C@]12C. The summed E-state index contributed by atoms with van der Waals surface area (Å²) in [6.45, 7) is 15.1. The van der Waals surface area contributed by atoms with E-state index in [1.807, 2.05) is 0 Å². The number of carbonyl (C=O) groups is 2. The van der Waals surface area contributed by atoms with Crippen molar-refractivity contribution in [3.8, 4) is 0 Å². The molecule has 0 aromatic carbocycles. The van der Waals surface area contributed by atoms with Crippen molar-refractivity contribution in [2.45, 2.75) is 119 Å². The Morgan fingerprint density at radius 2 is 1.47 bits per heavy atom. The summed E-state index contributed by atoms with van der Waals surface area (Å²) in [7, 11) is 0. The van der Waals surface area contributed by atoms with Crippen LogP contribution in [0.25, 0.3) is 0 Å². The Labute approximate surface area is 198 Å². The molecule has 0 aliphatic heterocycles. The first-order chi connectivity index (χ1) is 15.1. The van der Waals surface area contributed by atoms with Crippen LogP contribution in [0.5, 0.6) is 0 Å². The molecule has 0 heterocycles. The molecular weight excluding hydrogens is 392 g/mol. The van der Waals surface area contributed by atoms with Gasteiger partial charge < -0.3 is 9.59 Å². The molecule has 1 unspecified atom stereocenters. The van der Waals surface area contributed by atoms with Gasteiger partial charge in [0.1, 0.15) is 12.6 Å². The number of rotatable bonds is 7. The van der Waals surface area contributed by atoms with E-state index in [4.69, 9.17) is 0 Å². The Morgan fingerprint density at radius 1 is 0.781 bits per heavy atom. The van der Waals surface area contributed by atoms with Gasteiger partial charge in [-0.1, -0.05) is 67.2 Å². The van der Waals surface area contributed by atoms with Gasteiger partial charge in [-0.2, -0.15) is 0 Å². The van der Waals surface area contributed by atoms with E-state index in [0.717, 1.165) is 55.5 Å². The van der Waals surface area contributed by atoms with E-state index in [1.54, 1.807) is 0 Å². The van der Waals surface area contributed by atoms with Crippen LogP contribution in [0.4, 0.5) is 0 Å². The molecule has 2 heteroatoms. The van der Waals surface area contributed by atoms with Crippen molar-refractivity contribution in [2.24, 2.45) is 57.2 Å². The molecule has 0 N–H and O–H groups in total. The summed E-state index contributed by atoms with van der Waals surface area (Å²) in [5.41, 5.74) is 0.329. The zero-order chi connectivity index (χ0) is 23.4. The van der Waals surface area contributed by atoms with Gasteiger partial charge in [-0.3, -0.25) is 0 Å². The summed E-state index contributed by atoms with van der Waals surface area (Å²) >= 11 is 0. The van der Waals surface area contributed by atoms with E-state index >= 15 is 0 Å². The predicted octanol–water partition coefficient (Wildman–Crippen LogP) is 7.88. The Morgan fingerprint density at radius 3 is 2.12 bits per heavy atom. The summed E-state index contributed by atoms with van der Waals surface area (Å²) in [5.74, 6) is 4.23. The van der Waals surface area contributed by atoms with Crippen molar-refractivity contribution in [1.82, 2.24) is 0 Å². The van der Waals surface area contributed by atoms with Crippen LogP contribution < -0.4 is 0 Å². The fourth-order valence-electron chi connectivity index (χ4n) is 10.4. The Bertz CT molecular complexity index is 704.